The summed E-state index contributed by atoms with van der Waals surface area (Å²) in [6.07, 6.45) is 1.44. The molecule has 0 aromatic carbocycles. The second-order valence-electron chi connectivity index (χ2n) is 3.11. The van der Waals surface area contributed by atoms with Crippen LogP contribution in [-0.2, 0) is 4.79 Å². The van der Waals surface area contributed by atoms with E-state index in [1.165, 1.54) is 12.3 Å². The van der Waals surface area contributed by atoms with Crippen LogP contribution in [0.15, 0.2) is 18.3 Å². The third-order valence-corrected chi connectivity index (χ3v) is 1.80. The Balaban J connectivity index is 2.50. The summed E-state index contributed by atoms with van der Waals surface area (Å²) in [5.74, 6) is -0.654. The van der Waals surface area contributed by atoms with E-state index in [0.717, 1.165) is 0 Å². The molecule has 0 saturated carbocycles. The number of hydrogen-bond donors (Lipinski definition) is 3. The molecule has 0 fully saturated rings. The smallest absolute Gasteiger partial charge is 0.270 e. The first-order chi connectivity index (χ1) is 7.63. The normalized spacial score (nSPS) is 9.56. The van der Waals surface area contributed by atoms with Gasteiger partial charge in [0.25, 0.3) is 5.91 Å². The predicted molar refractivity (Wildman–Crippen MR) is 59.7 cm³/mol. The van der Waals surface area contributed by atoms with E-state index < -0.39 is 5.91 Å². The van der Waals surface area contributed by atoms with Crippen molar-refractivity contribution in [1.82, 2.24) is 15.6 Å². The van der Waals surface area contributed by atoms with Crippen molar-refractivity contribution in [2.45, 2.75) is 6.92 Å². The molecule has 6 heteroatoms. The molecule has 0 unspecified atom stereocenters. The number of aromatic nitrogens is 1. The van der Waals surface area contributed by atoms with Gasteiger partial charge in [0.1, 0.15) is 5.69 Å². The van der Waals surface area contributed by atoms with E-state index in [2.05, 4.69) is 15.6 Å². The van der Waals surface area contributed by atoms with Gasteiger partial charge in [-0.25, -0.2) is 0 Å². The minimum atomic E-state index is -0.418. The van der Waals surface area contributed by atoms with E-state index in [1.807, 2.05) is 0 Å². The molecule has 0 aliphatic heterocycles. The second-order valence-corrected chi connectivity index (χ2v) is 3.11. The zero-order valence-corrected chi connectivity index (χ0v) is 8.99. The van der Waals surface area contributed by atoms with Crippen LogP contribution in [0.25, 0.3) is 0 Å². The van der Waals surface area contributed by atoms with Gasteiger partial charge in [-0.05, 0) is 19.1 Å². The highest BCUT2D eigenvalue weighted by Crippen LogP contribution is 2.01. The summed E-state index contributed by atoms with van der Waals surface area (Å²) < 4.78 is 0. The number of nitrogens with zero attached hydrogens (tertiary/aromatic N) is 1. The number of carbonyl (C=O) groups excluding carboxylic acids is 2. The molecule has 16 heavy (non-hydrogen) atoms. The van der Waals surface area contributed by atoms with E-state index in [4.69, 9.17) is 5.73 Å². The number of likely N-dealkylation sites (N-methyl/N-ethyl adjacent to an activating group) is 1. The molecule has 0 aliphatic rings. The fourth-order valence-electron chi connectivity index (χ4n) is 1.08. The van der Waals surface area contributed by atoms with E-state index >= 15 is 0 Å². The average molecular weight is 222 g/mol. The van der Waals surface area contributed by atoms with E-state index in [0.29, 0.717) is 12.2 Å². The molecule has 0 atom stereocenters. The van der Waals surface area contributed by atoms with Gasteiger partial charge >= 0.3 is 0 Å². The third kappa shape index (κ3) is 3.56. The number of nitrogens with two attached hydrogens (primary N) is 1. The Morgan fingerprint density at radius 1 is 1.44 bits per heavy atom. The molecule has 0 saturated heterocycles. The minimum absolute atomic E-state index is 0.0663. The number of nitrogens with one attached hydrogen (secondary N) is 2. The third-order valence-electron chi connectivity index (χ3n) is 1.80. The molecule has 1 rings (SSSR count). The van der Waals surface area contributed by atoms with Crippen LogP contribution in [0.2, 0.25) is 0 Å². The number of rotatable bonds is 4. The highest BCUT2D eigenvalue weighted by molar-refractivity contribution is 5.95. The second kappa shape index (κ2) is 5.69. The molecular weight excluding hydrogens is 208 g/mol. The molecule has 1 heterocycles. The maximum atomic E-state index is 11.5. The van der Waals surface area contributed by atoms with Crippen molar-refractivity contribution < 1.29 is 9.59 Å². The lowest BCUT2D eigenvalue weighted by Crippen LogP contribution is -2.37. The summed E-state index contributed by atoms with van der Waals surface area (Å²) in [5, 5.41) is 5.01. The predicted octanol–water partition coefficient (Wildman–Crippen LogP) is -0.470. The zero-order valence-electron chi connectivity index (χ0n) is 8.99. The summed E-state index contributed by atoms with van der Waals surface area (Å²) in [6, 6.07) is 3.04. The Labute approximate surface area is 93.2 Å². The molecule has 2 amide bonds. The van der Waals surface area contributed by atoms with E-state index in [1.54, 1.807) is 13.0 Å². The Morgan fingerprint density at radius 2 is 2.19 bits per heavy atom. The maximum Gasteiger partial charge on any atom is 0.270 e. The topological polar surface area (TPSA) is 97.1 Å². The number of nitrogen functional groups attached to an aromatic ring is 1. The quantitative estimate of drug-likeness (QED) is 0.641. The molecule has 0 bridgehead atoms. The Hall–Kier alpha value is -2.11. The van der Waals surface area contributed by atoms with Crippen LogP contribution in [0.4, 0.5) is 5.69 Å². The lowest BCUT2D eigenvalue weighted by Gasteiger charge is -2.04. The standard InChI is InChI=1S/C10H14N4O2/c1-2-12-9(15)6-14-10(16)8-5-7(11)3-4-13-8/h3-5H,2,6H2,1H3,(H2,11,13)(H,12,15)(H,14,16). The van der Waals surface area contributed by atoms with Gasteiger partial charge < -0.3 is 16.4 Å². The fourth-order valence-corrected chi connectivity index (χ4v) is 1.08. The van der Waals surface area contributed by atoms with Crippen LogP contribution in [0, 0.1) is 0 Å². The average Bonchev–Trinajstić information content (AvgIpc) is 2.26. The minimum Gasteiger partial charge on any atom is -0.399 e. The Bertz CT molecular complexity index is 392. The van der Waals surface area contributed by atoms with Gasteiger partial charge in [-0.15, -0.1) is 0 Å². The molecule has 0 spiro atoms. The van der Waals surface area contributed by atoms with Crippen molar-refractivity contribution in [3.8, 4) is 0 Å². The monoisotopic (exact) mass is 222 g/mol. The Morgan fingerprint density at radius 3 is 2.81 bits per heavy atom. The van der Waals surface area contributed by atoms with Crippen LogP contribution >= 0.6 is 0 Å². The maximum absolute atomic E-state index is 11.5. The lowest BCUT2D eigenvalue weighted by molar-refractivity contribution is -0.120. The van der Waals surface area contributed by atoms with Gasteiger partial charge in [0.15, 0.2) is 0 Å². The van der Waals surface area contributed by atoms with Gasteiger partial charge in [-0.2, -0.15) is 0 Å². The van der Waals surface area contributed by atoms with Crippen molar-refractivity contribution in [2.75, 3.05) is 18.8 Å². The van der Waals surface area contributed by atoms with Gasteiger partial charge in [0.2, 0.25) is 5.91 Å². The summed E-state index contributed by atoms with van der Waals surface area (Å²) in [5.41, 5.74) is 6.16. The van der Waals surface area contributed by atoms with Crippen molar-refractivity contribution in [1.29, 1.82) is 0 Å². The SMILES string of the molecule is CCNC(=O)CNC(=O)c1cc(N)ccn1. The van der Waals surface area contributed by atoms with Gasteiger partial charge in [0.05, 0.1) is 6.54 Å². The van der Waals surface area contributed by atoms with Crippen molar-refractivity contribution in [2.24, 2.45) is 0 Å². The number of amides is 2. The van der Waals surface area contributed by atoms with Crippen molar-refractivity contribution in [3.63, 3.8) is 0 Å². The Kier molecular flexibility index (Phi) is 4.26. The number of carbonyl (C=O) groups is 2. The van der Waals surface area contributed by atoms with Crippen LogP contribution in [0.1, 0.15) is 17.4 Å². The summed E-state index contributed by atoms with van der Waals surface area (Å²) in [7, 11) is 0. The zero-order chi connectivity index (χ0) is 12.0. The molecule has 4 N–H and O–H groups in total. The van der Waals surface area contributed by atoms with Gasteiger partial charge in [0, 0.05) is 18.4 Å². The highest BCUT2D eigenvalue weighted by atomic mass is 16.2. The van der Waals surface area contributed by atoms with E-state index in [-0.39, 0.29) is 18.1 Å². The molecule has 86 valence electrons. The van der Waals surface area contributed by atoms with E-state index in [9.17, 15) is 9.59 Å². The van der Waals surface area contributed by atoms with Crippen molar-refractivity contribution in [3.05, 3.63) is 24.0 Å². The molecule has 1 aromatic heterocycles. The van der Waals surface area contributed by atoms with Crippen LogP contribution in [-0.4, -0.2) is 29.9 Å². The van der Waals surface area contributed by atoms with Crippen LogP contribution < -0.4 is 16.4 Å². The largest absolute Gasteiger partial charge is 0.399 e. The molecule has 1 aromatic rings. The fraction of sp³-hybridized carbons (Fsp3) is 0.300. The summed E-state index contributed by atoms with van der Waals surface area (Å²) in [4.78, 5) is 26.4. The highest BCUT2D eigenvalue weighted by Gasteiger charge is 2.08. The first-order valence-corrected chi connectivity index (χ1v) is 4.90. The van der Waals surface area contributed by atoms with Gasteiger partial charge in [-0.3, -0.25) is 14.6 Å². The number of pyridine rings is 1. The van der Waals surface area contributed by atoms with Crippen LogP contribution in [0.5, 0.6) is 0 Å². The molecule has 6 nitrogen and oxygen atoms in total. The number of anilines is 1. The molecular formula is C10H14N4O2. The lowest BCUT2D eigenvalue weighted by atomic mass is 10.3. The first kappa shape index (κ1) is 12.0. The van der Waals surface area contributed by atoms with Crippen LogP contribution in [0.3, 0.4) is 0 Å². The first-order valence-electron chi connectivity index (χ1n) is 4.90. The van der Waals surface area contributed by atoms with Crippen molar-refractivity contribution >= 4 is 17.5 Å². The summed E-state index contributed by atoms with van der Waals surface area (Å²) >= 11 is 0. The number of hydrogen-bond acceptors (Lipinski definition) is 4. The van der Waals surface area contributed by atoms with Gasteiger partial charge in [-0.1, -0.05) is 0 Å². The molecule has 0 radical (unpaired) electrons. The summed E-state index contributed by atoms with van der Waals surface area (Å²) in [6.45, 7) is 2.27. The molecule has 0 aliphatic carbocycles.